The van der Waals surface area contributed by atoms with Crippen LogP contribution in [0.15, 0.2) is 48.5 Å². The third-order valence-corrected chi connectivity index (χ3v) is 5.25. The molecular weight excluding hydrogens is 436 g/mol. The topological polar surface area (TPSA) is 58.4 Å². The van der Waals surface area contributed by atoms with Crippen LogP contribution in [0.1, 0.15) is 24.0 Å². The lowest BCUT2D eigenvalue weighted by atomic mass is 10.0. The molecule has 0 radical (unpaired) electrons. The number of piperidine rings is 1. The zero-order valence-corrected chi connectivity index (χ0v) is 18.4. The van der Waals surface area contributed by atoms with E-state index >= 15 is 0 Å². The van der Waals surface area contributed by atoms with Crippen LogP contribution in [0.5, 0.6) is 0 Å². The normalized spacial score (nSPS) is 17.6. The van der Waals surface area contributed by atoms with Gasteiger partial charge >= 0.3 is 0 Å². The summed E-state index contributed by atoms with van der Waals surface area (Å²) in [5, 5.41) is 3.52. The summed E-state index contributed by atoms with van der Waals surface area (Å²) in [4.78, 5) is 14.7. The third-order valence-electron chi connectivity index (χ3n) is 4.90. The number of carbonyl (C=O) groups excluding carboxylic acids is 1. The van der Waals surface area contributed by atoms with Crippen molar-refractivity contribution in [1.29, 1.82) is 0 Å². The Labute approximate surface area is 188 Å². The number of carbonyl (C=O) groups is 1. The quantitative estimate of drug-likeness (QED) is 0.683. The Morgan fingerprint density at radius 3 is 2.66 bits per heavy atom. The fourth-order valence-corrected chi connectivity index (χ4v) is 3.70. The SMILES string of the molecule is Cl.Cl.NC(Cc1ccccc1)C(=O)NC1CCCN(Cc2ccc(F)cc2Cl)C1. The van der Waals surface area contributed by atoms with Crippen molar-refractivity contribution in [2.75, 3.05) is 13.1 Å². The molecule has 1 fully saturated rings. The van der Waals surface area contributed by atoms with Crippen molar-refractivity contribution in [3.8, 4) is 0 Å². The summed E-state index contributed by atoms with van der Waals surface area (Å²) < 4.78 is 13.2. The first kappa shape index (κ1) is 25.7. The van der Waals surface area contributed by atoms with Crippen LogP contribution in [-0.4, -0.2) is 36.0 Å². The molecule has 4 nitrogen and oxygen atoms in total. The van der Waals surface area contributed by atoms with E-state index in [0.29, 0.717) is 18.0 Å². The lowest BCUT2D eigenvalue weighted by molar-refractivity contribution is -0.123. The minimum atomic E-state index is -0.561. The molecule has 160 valence electrons. The summed E-state index contributed by atoms with van der Waals surface area (Å²) in [6.45, 7) is 2.30. The monoisotopic (exact) mass is 461 g/mol. The Balaban J connectivity index is 0.00000210. The van der Waals surface area contributed by atoms with Crippen LogP contribution in [-0.2, 0) is 17.8 Å². The van der Waals surface area contributed by atoms with E-state index in [-0.39, 0.29) is 42.6 Å². The first-order chi connectivity index (χ1) is 13.0. The number of benzene rings is 2. The van der Waals surface area contributed by atoms with E-state index in [1.807, 2.05) is 30.3 Å². The molecule has 1 saturated heterocycles. The van der Waals surface area contributed by atoms with E-state index < -0.39 is 6.04 Å². The fraction of sp³-hybridized carbons (Fsp3) is 0.381. The molecule has 1 heterocycles. The van der Waals surface area contributed by atoms with Crippen LogP contribution in [0.25, 0.3) is 0 Å². The lowest BCUT2D eigenvalue weighted by Crippen LogP contribution is -2.52. The van der Waals surface area contributed by atoms with Crippen molar-refractivity contribution in [2.45, 2.75) is 37.9 Å². The minimum absolute atomic E-state index is 0. The molecule has 29 heavy (non-hydrogen) atoms. The minimum Gasteiger partial charge on any atom is -0.351 e. The Hall–Kier alpha value is -1.37. The van der Waals surface area contributed by atoms with Gasteiger partial charge in [-0.3, -0.25) is 9.69 Å². The average molecular weight is 463 g/mol. The van der Waals surface area contributed by atoms with Crippen molar-refractivity contribution in [1.82, 2.24) is 10.2 Å². The summed E-state index contributed by atoms with van der Waals surface area (Å²) in [5.41, 5.74) is 8.03. The van der Waals surface area contributed by atoms with Crippen molar-refractivity contribution in [3.05, 3.63) is 70.5 Å². The molecule has 0 spiro atoms. The molecule has 3 N–H and O–H groups in total. The summed E-state index contributed by atoms with van der Waals surface area (Å²) in [6.07, 6.45) is 2.43. The van der Waals surface area contributed by atoms with E-state index in [1.54, 1.807) is 6.07 Å². The maximum atomic E-state index is 13.2. The molecule has 0 aromatic heterocycles. The first-order valence-electron chi connectivity index (χ1n) is 9.27. The number of nitrogens with one attached hydrogen (secondary N) is 1. The molecule has 0 saturated carbocycles. The van der Waals surface area contributed by atoms with Crippen LogP contribution in [0.4, 0.5) is 4.39 Å². The maximum Gasteiger partial charge on any atom is 0.237 e. The van der Waals surface area contributed by atoms with E-state index in [4.69, 9.17) is 17.3 Å². The zero-order chi connectivity index (χ0) is 19.2. The number of hydrogen-bond donors (Lipinski definition) is 2. The highest BCUT2D eigenvalue weighted by Gasteiger charge is 2.24. The lowest BCUT2D eigenvalue weighted by Gasteiger charge is -2.33. The molecule has 8 heteroatoms. The van der Waals surface area contributed by atoms with Gasteiger partial charge in [-0.25, -0.2) is 4.39 Å². The fourth-order valence-electron chi connectivity index (χ4n) is 3.48. The van der Waals surface area contributed by atoms with Crippen molar-refractivity contribution >= 4 is 42.3 Å². The van der Waals surface area contributed by atoms with Gasteiger partial charge in [-0.15, -0.1) is 24.8 Å². The van der Waals surface area contributed by atoms with Gasteiger partial charge in [-0.2, -0.15) is 0 Å². The summed E-state index contributed by atoms with van der Waals surface area (Å²) >= 11 is 6.14. The van der Waals surface area contributed by atoms with Gasteiger partial charge in [0.25, 0.3) is 0 Å². The van der Waals surface area contributed by atoms with Crippen LogP contribution in [0.3, 0.4) is 0 Å². The Morgan fingerprint density at radius 2 is 1.97 bits per heavy atom. The predicted molar refractivity (Wildman–Crippen MR) is 120 cm³/mol. The highest BCUT2D eigenvalue weighted by molar-refractivity contribution is 6.31. The molecule has 1 aliphatic heterocycles. The van der Waals surface area contributed by atoms with Gasteiger partial charge < -0.3 is 11.1 Å². The van der Waals surface area contributed by atoms with Gasteiger partial charge in [-0.1, -0.05) is 48.0 Å². The van der Waals surface area contributed by atoms with Crippen molar-refractivity contribution < 1.29 is 9.18 Å². The van der Waals surface area contributed by atoms with E-state index in [2.05, 4.69) is 10.2 Å². The number of nitrogens with two attached hydrogens (primary N) is 1. The van der Waals surface area contributed by atoms with E-state index in [1.165, 1.54) is 12.1 Å². The smallest absolute Gasteiger partial charge is 0.237 e. The average Bonchev–Trinajstić information content (AvgIpc) is 2.65. The molecule has 1 amide bonds. The molecule has 1 aliphatic rings. The van der Waals surface area contributed by atoms with Crippen LogP contribution in [0.2, 0.25) is 5.02 Å². The highest BCUT2D eigenvalue weighted by atomic mass is 35.5. The second-order valence-corrected chi connectivity index (χ2v) is 7.52. The maximum absolute atomic E-state index is 13.2. The van der Waals surface area contributed by atoms with Crippen LogP contribution >= 0.6 is 36.4 Å². The van der Waals surface area contributed by atoms with Gasteiger partial charge in [0, 0.05) is 24.2 Å². The number of amides is 1. The molecule has 0 bridgehead atoms. The van der Waals surface area contributed by atoms with Crippen LogP contribution < -0.4 is 11.1 Å². The number of nitrogens with zero attached hydrogens (tertiary/aromatic N) is 1. The second-order valence-electron chi connectivity index (χ2n) is 7.11. The molecular formula is C21H27Cl3FN3O. The Bertz CT molecular complexity index is 779. The molecule has 3 rings (SSSR count). The summed E-state index contributed by atoms with van der Waals surface area (Å²) in [6, 6.07) is 13.8. The van der Waals surface area contributed by atoms with E-state index in [9.17, 15) is 9.18 Å². The first-order valence-corrected chi connectivity index (χ1v) is 9.65. The summed E-state index contributed by atoms with van der Waals surface area (Å²) in [5.74, 6) is -0.453. The molecule has 2 atom stereocenters. The highest BCUT2D eigenvalue weighted by Crippen LogP contribution is 2.21. The molecule has 2 unspecified atom stereocenters. The largest absolute Gasteiger partial charge is 0.351 e. The molecule has 0 aliphatic carbocycles. The van der Waals surface area contributed by atoms with Gasteiger partial charge in [0.2, 0.25) is 5.91 Å². The van der Waals surface area contributed by atoms with Crippen molar-refractivity contribution in [2.24, 2.45) is 5.73 Å². The summed E-state index contributed by atoms with van der Waals surface area (Å²) in [7, 11) is 0. The number of likely N-dealkylation sites (tertiary alicyclic amines) is 1. The predicted octanol–water partition coefficient (Wildman–Crippen LogP) is 3.97. The van der Waals surface area contributed by atoms with Gasteiger partial charge in [0.05, 0.1) is 6.04 Å². The van der Waals surface area contributed by atoms with Gasteiger partial charge in [0.15, 0.2) is 0 Å². The van der Waals surface area contributed by atoms with Crippen molar-refractivity contribution in [3.63, 3.8) is 0 Å². The van der Waals surface area contributed by atoms with Gasteiger partial charge in [-0.05, 0) is 49.1 Å². The number of halogens is 4. The second kappa shape index (κ2) is 12.4. The number of rotatable bonds is 6. The molecule has 2 aromatic rings. The Morgan fingerprint density at radius 1 is 1.24 bits per heavy atom. The third kappa shape index (κ3) is 7.76. The van der Waals surface area contributed by atoms with E-state index in [0.717, 1.165) is 37.1 Å². The Kier molecular flexibility index (Phi) is 10.9. The van der Waals surface area contributed by atoms with Gasteiger partial charge in [0.1, 0.15) is 5.82 Å². The van der Waals surface area contributed by atoms with Crippen LogP contribution in [0, 0.1) is 5.82 Å². The zero-order valence-electron chi connectivity index (χ0n) is 16.0. The standard InChI is InChI=1S/C21H25ClFN3O.2ClH/c22-19-12-17(23)9-8-16(19)13-26-10-4-7-18(14-26)25-21(27)20(24)11-15-5-2-1-3-6-15;;/h1-3,5-6,8-9,12,18,20H,4,7,10-11,13-14,24H2,(H,25,27);2*1H. The molecule has 2 aromatic carbocycles. The number of hydrogen-bond acceptors (Lipinski definition) is 3.